The van der Waals surface area contributed by atoms with Gasteiger partial charge in [0, 0.05) is 0 Å². The zero-order valence-electron chi connectivity index (χ0n) is 24.2. The molecule has 0 saturated heterocycles. The van der Waals surface area contributed by atoms with Crippen LogP contribution in [-0.2, 0) is 28.1 Å². The molecular weight excluding hydrogens is 591 g/mol. The van der Waals surface area contributed by atoms with Crippen molar-refractivity contribution in [3.8, 4) is 0 Å². The fraction of sp³-hybridized carbons (Fsp3) is 0.324. The van der Waals surface area contributed by atoms with Crippen LogP contribution in [0.5, 0.6) is 0 Å². The average Bonchev–Trinajstić information content (AvgIpc) is 3.34. The predicted molar refractivity (Wildman–Crippen MR) is 157 cm³/mol. The molecule has 0 heterocycles. The fourth-order valence-corrected chi connectivity index (χ4v) is 10.3. The van der Waals surface area contributed by atoms with E-state index in [2.05, 4.69) is 139 Å². The Morgan fingerprint density at radius 2 is 0.949 bits per heavy atom. The smallest absolute Gasteiger partial charge is 1.00 e. The second-order valence-corrected chi connectivity index (χ2v) is 14.8. The van der Waals surface area contributed by atoms with Crippen LogP contribution in [0.4, 0.5) is 0 Å². The maximum Gasteiger partial charge on any atom is 4.00 e. The first-order chi connectivity index (χ1) is 16.8. The largest absolute Gasteiger partial charge is 4.00 e. The molecule has 4 aromatic rings. The molecule has 0 aliphatic heterocycles. The Kier molecular flexibility index (Phi) is 15.8. The van der Waals surface area contributed by atoms with Crippen LogP contribution in [0.1, 0.15) is 88.5 Å². The van der Waals surface area contributed by atoms with Crippen LogP contribution in [-0.4, -0.2) is 8.07 Å². The summed E-state index contributed by atoms with van der Waals surface area (Å²) in [5.74, 6) is 1.49. The summed E-state index contributed by atoms with van der Waals surface area (Å²) in [6.07, 6.45) is 1.06. The van der Waals surface area contributed by atoms with E-state index in [-0.39, 0.29) is 58.9 Å². The van der Waals surface area contributed by atoms with Gasteiger partial charge in [0.15, 0.2) is 0 Å². The molecule has 0 N–H and O–H groups in total. The molecule has 4 aromatic carbocycles. The quantitative estimate of drug-likeness (QED) is 0.117. The Morgan fingerprint density at radius 1 is 0.590 bits per heavy atom. The summed E-state index contributed by atoms with van der Waals surface area (Å²) in [7, 11) is -2.53. The normalized spacial score (nSPS) is 10.9. The van der Waals surface area contributed by atoms with Crippen molar-refractivity contribution in [2.45, 2.75) is 72.6 Å². The van der Waals surface area contributed by atoms with Crippen molar-refractivity contribution in [3.05, 3.63) is 113 Å². The third-order valence-corrected chi connectivity index (χ3v) is 12.3. The average molecular weight is 632 g/mol. The molecule has 0 bridgehead atoms. The molecule has 0 fully saturated rings. The van der Waals surface area contributed by atoms with E-state index in [1.165, 1.54) is 43.0 Å². The number of hydrogen-bond acceptors (Lipinski definition) is 0. The molecule has 0 amide bonds. The van der Waals surface area contributed by atoms with Gasteiger partial charge in [-0.25, -0.2) is 6.07 Å². The van der Waals surface area contributed by atoms with E-state index < -0.39 is 8.07 Å². The van der Waals surface area contributed by atoms with E-state index in [4.69, 9.17) is 0 Å². The van der Waals surface area contributed by atoms with Gasteiger partial charge in [0.05, 0.1) is 0 Å². The Bertz CT molecular complexity index is 1170. The first-order valence-electron chi connectivity index (χ1n) is 13.3. The summed E-state index contributed by atoms with van der Waals surface area (Å²) >= 11 is 0. The Balaban J connectivity index is 0.00000361. The van der Waals surface area contributed by atoms with Gasteiger partial charge in [0.1, 0.15) is 8.07 Å². The second-order valence-electron chi connectivity index (χ2n) is 11.0. The third-order valence-electron chi connectivity index (χ3n) is 7.62. The van der Waals surface area contributed by atoms with Crippen molar-refractivity contribution < 1.29 is 58.9 Å². The molecule has 0 nitrogen and oxygen atoms in total. The fourth-order valence-electron chi connectivity index (χ4n) is 5.34. The van der Waals surface area contributed by atoms with E-state index in [9.17, 15) is 0 Å². The van der Waals surface area contributed by atoms with Crippen LogP contribution >= 0.6 is 0 Å². The van der Waals surface area contributed by atoms with Crippen LogP contribution in [0.15, 0.2) is 91.0 Å². The SMILES string of the molecule is CCc1cc[c-]([Si](c2cccc(C(C)C)c2)(c2cccc(C(C)C)c2)c2cccc(C(C)C)c2)c1.[Cl-].[Cl-].[Cl-].[Ti+4]. The molecule has 0 aliphatic rings. The van der Waals surface area contributed by atoms with E-state index in [0.29, 0.717) is 17.8 Å². The van der Waals surface area contributed by atoms with E-state index in [1.54, 1.807) is 0 Å². The topological polar surface area (TPSA) is 0 Å². The summed E-state index contributed by atoms with van der Waals surface area (Å²) in [5, 5.41) is 5.95. The maximum atomic E-state index is 2.51. The summed E-state index contributed by atoms with van der Waals surface area (Å²) in [4.78, 5) is 0. The van der Waals surface area contributed by atoms with Gasteiger partial charge in [-0.3, -0.25) is 0 Å². The second kappa shape index (κ2) is 16.3. The minimum absolute atomic E-state index is 0. The van der Waals surface area contributed by atoms with Crippen molar-refractivity contribution in [1.82, 2.24) is 0 Å². The van der Waals surface area contributed by atoms with Crippen LogP contribution in [0, 0.1) is 0 Å². The van der Waals surface area contributed by atoms with Crippen molar-refractivity contribution in [1.29, 1.82) is 0 Å². The standard InChI is InChI=1S/C34H41Si.3ClH.Ti/c1-8-27-18-19-34(20-27)35(31-15-9-12-28(21-31)24(2)3,32-16-10-13-29(22-32)25(4)5)33-17-11-14-30(23-33)26(6)7;;;;/h9-26H,8H2,1-7H3;3*1H;/q-1;;;;+4/p-3. The van der Waals surface area contributed by atoms with Gasteiger partial charge in [0.2, 0.25) is 0 Å². The Hall–Kier alpha value is -1.19. The van der Waals surface area contributed by atoms with E-state index in [1.807, 2.05) is 0 Å². The molecule has 39 heavy (non-hydrogen) atoms. The summed E-state index contributed by atoms with van der Waals surface area (Å²) < 4.78 is 0. The molecule has 206 valence electrons. The third kappa shape index (κ3) is 7.76. The molecule has 5 heteroatoms. The van der Waals surface area contributed by atoms with Gasteiger partial charge in [0.25, 0.3) is 0 Å². The summed E-state index contributed by atoms with van der Waals surface area (Å²) in [6.45, 7) is 16.1. The molecule has 0 unspecified atom stereocenters. The monoisotopic (exact) mass is 630 g/mol. The van der Waals surface area contributed by atoms with Crippen molar-refractivity contribution in [3.63, 3.8) is 0 Å². The maximum absolute atomic E-state index is 2.53. The molecular formula is C34H41Cl3SiTi. The molecule has 0 radical (unpaired) electrons. The molecule has 0 saturated carbocycles. The van der Waals surface area contributed by atoms with Crippen molar-refractivity contribution in [2.75, 3.05) is 0 Å². The van der Waals surface area contributed by atoms with Gasteiger partial charge < -0.3 is 37.2 Å². The summed E-state index contributed by atoms with van der Waals surface area (Å²) in [6, 6.07) is 35.8. The molecule has 0 aromatic heterocycles. The van der Waals surface area contributed by atoms with E-state index in [0.717, 1.165) is 6.42 Å². The van der Waals surface area contributed by atoms with Gasteiger partial charge >= 0.3 is 21.7 Å². The first kappa shape index (κ1) is 37.8. The number of aryl methyl sites for hydroxylation is 1. The Morgan fingerprint density at radius 3 is 1.23 bits per heavy atom. The summed E-state index contributed by atoms with van der Waals surface area (Å²) in [5.41, 5.74) is 5.68. The van der Waals surface area contributed by atoms with Gasteiger partial charge in [-0.2, -0.15) is 17.7 Å². The minimum Gasteiger partial charge on any atom is -1.00 e. The van der Waals surface area contributed by atoms with Crippen LogP contribution < -0.4 is 58.0 Å². The van der Waals surface area contributed by atoms with Gasteiger partial charge in [-0.1, -0.05) is 143 Å². The molecule has 0 aliphatic carbocycles. The van der Waals surface area contributed by atoms with E-state index >= 15 is 0 Å². The number of halogens is 3. The number of hydrogen-bond donors (Lipinski definition) is 0. The first-order valence-corrected chi connectivity index (χ1v) is 15.3. The molecule has 0 atom stereocenters. The Labute approximate surface area is 271 Å². The number of rotatable bonds is 8. The number of benzene rings is 3. The van der Waals surface area contributed by atoms with Crippen LogP contribution in [0.3, 0.4) is 0 Å². The predicted octanol–water partition coefficient (Wildman–Crippen LogP) is -2.27. The minimum atomic E-state index is -2.53. The molecule has 4 rings (SSSR count). The van der Waals surface area contributed by atoms with Crippen LogP contribution in [0.2, 0.25) is 0 Å². The van der Waals surface area contributed by atoms with Crippen LogP contribution in [0.25, 0.3) is 0 Å². The van der Waals surface area contributed by atoms with Gasteiger partial charge in [-0.15, -0.1) is 5.19 Å². The zero-order chi connectivity index (χ0) is 25.2. The van der Waals surface area contributed by atoms with Crippen molar-refractivity contribution in [2.24, 2.45) is 0 Å². The zero-order valence-corrected chi connectivity index (χ0v) is 29.1. The van der Waals surface area contributed by atoms with Crippen molar-refractivity contribution >= 4 is 28.8 Å². The molecule has 0 spiro atoms. The van der Waals surface area contributed by atoms with Gasteiger partial charge in [-0.05, 0) is 34.4 Å².